The predicted molar refractivity (Wildman–Crippen MR) is 121 cm³/mol. The second-order valence-corrected chi connectivity index (χ2v) is 11.0. The van der Waals surface area contributed by atoms with Crippen LogP contribution in [0.15, 0.2) is 70.7 Å². The molecule has 2 aromatic rings. The molecule has 3 heterocycles. The Morgan fingerprint density at radius 2 is 1.62 bits per heavy atom. The Morgan fingerprint density at radius 3 is 2.31 bits per heavy atom. The van der Waals surface area contributed by atoms with Crippen LogP contribution in [-0.2, 0) is 9.98 Å². The van der Waals surface area contributed by atoms with Crippen LogP contribution < -0.4 is 9.68 Å². The molecule has 0 aromatic heterocycles. The first kappa shape index (κ1) is 18.7. The van der Waals surface area contributed by atoms with E-state index < -0.39 is 7.44 Å². The summed E-state index contributed by atoms with van der Waals surface area (Å²) in [6, 6.07) is 18.4. The van der Waals surface area contributed by atoms with Crippen molar-refractivity contribution in [2.75, 3.05) is 29.8 Å². The molecule has 1 atom stereocenters. The van der Waals surface area contributed by atoms with Crippen LogP contribution in [0.5, 0.6) is 0 Å². The van der Waals surface area contributed by atoms with Gasteiger partial charge in [0.2, 0.25) is 0 Å². The van der Waals surface area contributed by atoms with Crippen LogP contribution in [0.2, 0.25) is 0 Å². The minimum Gasteiger partial charge on any atom is -0.346 e. The molecule has 3 aliphatic rings. The molecule has 3 aliphatic heterocycles. The van der Waals surface area contributed by atoms with Gasteiger partial charge in [-0.15, -0.1) is 0 Å². The Hall–Kier alpha value is -2.36. The number of hydrogen-bond acceptors (Lipinski definition) is 3. The van der Waals surface area contributed by atoms with Crippen molar-refractivity contribution in [3.63, 3.8) is 0 Å². The fourth-order valence-electron chi connectivity index (χ4n) is 5.04. The standard InChI is InChI=1S/C23H27N4OP/c1-23(2)19-13-7-8-14-20(19)25(3)22(23)21-17-24-27(18-11-5-4-6-12-18)29(21,28)26-15-9-10-16-26/h4-8,11-14,17H,9-10,15-16H2,1-3H3/b22-21+. The van der Waals surface area contributed by atoms with Gasteiger partial charge in [-0.25, -0.2) is 4.67 Å². The fraction of sp³-hybridized carbons (Fsp3) is 0.348. The number of benzene rings is 2. The van der Waals surface area contributed by atoms with Crippen molar-refractivity contribution in [1.29, 1.82) is 0 Å². The molecule has 6 heteroatoms. The van der Waals surface area contributed by atoms with Crippen molar-refractivity contribution in [1.82, 2.24) is 4.67 Å². The summed E-state index contributed by atoms with van der Waals surface area (Å²) >= 11 is 0. The summed E-state index contributed by atoms with van der Waals surface area (Å²) in [7, 11) is -0.986. The maximum Gasteiger partial charge on any atom is 0.292 e. The lowest BCUT2D eigenvalue weighted by atomic mass is 9.84. The van der Waals surface area contributed by atoms with Gasteiger partial charge in [0.05, 0.1) is 17.2 Å². The molecule has 5 nitrogen and oxygen atoms in total. The van der Waals surface area contributed by atoms with E-state index in [4.69, 9.17) is 5.10 Å². The summed E-state index contributed by atoms with van der Waals surface area (Å²) in [6.07, 6.45) is 4.01. The molecule has 0 bridgehead atoms. The number of allylic oxidation sites excluding steroid dienone is 2. The molecule has 2 aromatic carbocycles. The Morgan fingerprint density at radius 1 is 0.966 bits per heavy atom. The maximum absolute atomic E-state index is 14.9. The number of anilines is 2. The van der Waals surface area contributed by atoms with E-state index in [2.05, 4.69) is 54.7 Å². The van der Waals surface area contributed by atoms with E-state index in [0.717, 1.165) is 42.6 Å². The van der Waals surface area contributed by atoms with Crippen molar-refractivity contribution >= 4 is 25.0 Å². The molecule has 1 unspecified atom stereocenters. The van der Waals surface area contributed by atoms with E-state index in [1.165, 1.54) is 11.3 Å². The molecule has 0 N–H and O–H groups in total. The van der Waals surface area contributed by atoms with Crippen LogP contribution in [0.3, 0.4) is 0 Å². The van der Waals surface area contributed by atoms with Gasteiger partial charge >= 0.3 is 0 Å². The number of hydrazone groups is 1. The first-order valence-electron chi connectivity index (χ1n) is 10.3. The van der Waals surface area contributed by atoms with Crippen molar-refractivity contribution in [2.45, 2.75) is 32.1 Å². The number of para-hydroxylation sites is 2. The largest absolute Gasteiger partial charge is 0.346 e. The zero-order valence-corrected chi connectivity index (χ0v) is 18.1. The van der Waals surface area contributed by atoms with Crippen LogP contribution in [0.1, 0.15) is 32.3 Å². The number of rotatable bonds is 2. The normalized spacial score (nSPS) is 28.4. The highest BCUT2D eigenvalue weighted by Gasteiger charge is 2.51. The molecule has 0 radical (unpaired) electrons. The Kier molecular flexibility index (Phi) is 4.23. The van der Waals surface area contributed by atoms with Crippen LogP contribution in [0.25, 0.3) is 0 Å². The third-order valence-corrected chi connectivity index (χ3v) is 9.39. The number of fused-ring (bicyclic) bond motifs is 1. The van der Waals surface area contributed by atoms with Gasteiger partial charge < -0.3 is 4.90 Å². The fourth-order valence-corrected chi connectivity index (χ4v) is 8.16. The van der Waals surface area contributed by atoms with Crippen molar-refractivity contribution in [3.05, 3.63) is 71.2 Å². The average molecular weight is 406 g/mol. The van der Waals surface area contributed by atoms with Gasteiger partial charge in [-0.05, 0) is 36.6 Å². The van der Waals surface area contributed by atoms with Gasteiger partial charge in [0, 0.05) is 36.9 Å². The molecule has 1 fully saturated rings. The minimum absolute atomic E-state index is 0.241. The smallest absolute Gasteiger partial charge is 0.292 e. The zero-order valence-electron chi connectivity index (χ0n) is 17.2. The van der Waals surface area contributed by atoms with Crippen LogP contribution in [-0.4, -0.2) is 31.0 Å². The van der Waals surface area contributed by atoms with E-state index in [1.54, 1.807) is 4.78 Å². The predicted octanol–water partition coefficient (Wildman–Crippen LogP) is 5.42. The highest BCUT2D eigenvalue weighted by atomic mass is 31.2. The molecule has 0 amide bonds. The van der Waals surface area contributed by atoms with Crippen LogP contribution >= 0.6 is 7.44 Å². The molecule has 1 saturated heterocycles. The summed E-state index contributed by atoms with van der Waals surface area (Å²) in [5.74, 6) is 0. The number of likely N-dealkylation sites (N-methyl/N-ethyl adjacent to an activating group) is 1. The quantitative estimate of drug-likeness (QED) is 0.624. The molecule has 150 valence electrons. The van der Waals surface area contributed by atoms with Gasteiger partial charge in [-0.3, -0.25) is 4.57 Å². The molecule has 0 aliphatic carbocycles. The first-order chi connectivity index (χ1) is 14.0. The summed E-state index contributed by atoms with van der Waals surface area (Å²) in [4.78, 5) is 2.22. The van der Waals surface area contributed by atoms with Crippen LogP contribution in [0, 0.1) is 0 Å². The van der Waals surface area contributed by atoms with E-state index in [1.807, 2.05) is 36.5 Å². The molecular weight excluding hydrogens is 379 g/mol. The summed E-state index contributed by atoms with van der Waals surface area (Å²) in [5.41, 5.74) is 4.18. The highest BCUT2D eigenvalue weighted by molar-refractivity contribution is 7.69. The number of hydrogen-bond donors (Lipinski definition) is 0. The molecule has 5 rings (SSSR count). The Labute approximate surface area is 172 Å². The molecular formula is C23H27N4OP. The first-order valence-corrected chi connectivity index (χ1v) is 11.9. The molecule has 0 spiro atoms. The summed E-state index contributed by atoms with van der Waals surface area (Å²) in [5, 5.41) is 5.58. The third kappa shape index (κ3) is 2.57. The second-order valence-electron chi connectivity index (χ2n) is 8.51. The zero-order chi connectivity index (χ0) is 20.2. The SMILES string of the molecule is CN1/C(=C2\C=NN(c3ccccc3)P2(=O)N2CCCC2)C(C)(C)c2ccccc21. The summed E-state index contributed by atoms with van der Waals surface area (Å²) < 4.78 is 18.8. The summed E-state index contributed by atoms with van der Waals surface area (Å²) in [6.45, 7) is 6.14. The topological polar surface area (TPSA) is 39.1 Å². The monoisotopic (exact) mass is 406 g/mol. The Bertz CT molecular complexity index is 1050. The molecule has 29 heavy (non-hydrogen) atoms. The van der Waals surface area contributed by atoms with Crippen molar-refractivity contribution in [3.8, 4) is 0 Å². The van der Waals surface area contributed by atoms with Gasteiger partial charge in [0.25, 0.3) is 7.44 Å². The van der Waals surface area contributed by atoms with Crippen molar-refractivity contribution in [2.24, 2.45) is 5.10 Å². The van der Waals surface area contributed by atoms with Crippen molar-refractivity contribution < 1.29 is 4.57 Å². The van der Waals surface area contributed by atoms with Gasteiger partial charge in [0.1, 0.15) is 0 Å². The molecule has 0 saturated carbocycles. The van der Waals surface area contributed by atoms with Gasteiger partial charge in [-0.2, -0.15) is 9.88 Å². The second kappa shape index (κ2) is 6.58. The number of nitrogens with zero attached hydrogens (tertiary/aromatic N) is 4. The Balaban J connectivity index is 1.73. The minimum atomic E-state index is -3.07. The lowest BCUT2D eigenvalue weighted by Crippen LogP contribution is -2.30. The van der Waals surface area contributed by atoms with E-state index in [0.29, 0.717) is 0 Å². The van der Waals surface area contributed by atoms with E-state index in [9.17, 15) is 4.57 Å². The lowest BCUT2D eigenvalue weighted by Gasteiger charge is -2.35. The average Bonchev–Trinajstić information content (AvgIpc) is 3.42. The third-order valence-electron chi connectivity index (χ3n) is 6.42. The van der Waals surface area contributed by atoms with Gasteiger partial charge in [0.15, 0.2) is 0 Å². The van der Waals surface area contributed by atoms with Crippen LogP contribution in [0.4, 0.5) is 11.4 Å². The maximum atomic E-state index is 14.9. The highest BCUT2D eigenvalue weighted by Crippen LogP contribution is 2.67. The van der Waals surface area contributed by atoms with Gasteiger partial charge in [-0.1, -0.05) is 50.2 Å². The van der Waals surface area contributed by atoms with E-state index >= 15 is 0 Å². The lowest BCUT2D eigenvalue weighted by molar-refractivity contribution is 0.478. The van der Waals surface area contributed by atoms with E-state index in [-0.39, 0.29) is 5.41 Å².